The van der Waals surface area contributed by atoms with Crippen LogP contribution in [0.4, 0.5) is 0 Å². The van der Waals surface area contributed by atoms with Gasteiger partial charge in [0.1, 0.15) is 0 Å². The Morgan fingerprint density at radius 3 is 2.90 bits per heavy atom. The van der Waals surface area contributed by atoms with Crippen LogP contribution in [-0.2, 0) is 0 Å². The first kappa shape index (κ1) is 13.6. The maximum absolute atomic E-state index is 12.6. The van der Waals surface area contributed by atoms with Gasteiger partial charge in [0.2, 0.25) is 0 Å². The number of nitrogens with zero attached hydrogens (tertiary/aromatic N) is 2. The van der Waals surface area contributed by atoms with Gasteiger partial charge in [0, 0.05) is 36.9 Å². The van der Waals surface area contributed by atoms with E-state index in [0.29, 0.717) is 5.41 Å². The maximum atomic E-state index is 12.6. The van der Waals surface area contributed by atoms with E-state index in [1.165, 1.54) is 19.3 Å². The number of carbonyl (C=O) groups excluding carboxylic acids is 1. The molecule has 2 fully saturated rings. The second-order valence-electron chi connectivity index (χ2n) is 6.30. The average molecular weight is 273 g/mol. The molecule has 0 saturated carbocycles. The third-order valence-corrected chi connectivity index (χ3v) is 4.67. The van der Waals surface area contributed by atoms with Gasteiger partial charge in [-0.2, -0.15) is 0 Å². The zero-order valence-corrected chi connectivity index (χ0v) is 12.2. The summed E-state index contributed by atoms with van der Waals surface area (Å²) in [5, 5.41) is 3.50. The van der Waals surface area contributed by atoms with Crippen LogP contribution in [-0.4, -0.2) is 42.0 Å². The number of hydrogen-bond acceptors (Lipinski definition) is 3. The molecule has 2 aliphatic rings. The standard InChI is InChI=1S/C16H23N3O/c1-13-4-5-14(10-18-13)15(20)19-9-3-7-16(12-19)6-2-8-17-11-16/h4-5,10,17H,2-3,6-9,11-12H2,1H3. The maximum Gasteiger partial charge on any atom is 0.255 e. The van der Waals surface area contributed by atoms with Crippen LogP contribution in [0.2, 0.25) is 0 Å². The molecule has 1 amide bonds. The fourth-order valence-corrected chi connectivity index (χ4v) is 3.54. The number of amides is 1. The van der Waals surface area contributed by atoms with Crippen LogP contribution in [0, 0.1) is 12.3 Å². The van der Waals surface area contributed by atoms with E-state index in [0.717, 1.165) is 43.9 Å². The van der Waals surface area contributed by atoms with E-state index < -0.39 is 0 Å². The second kappa shape index (κ2) is 5.52. The van der Waals surface area contributed by atoms with Gasteiger partial charge in [-0.15, -0.1) is 0 Å². The van der Waals surface area contributed by atoms with Crippen LogP contribution in [0.3, 0.4) is 0 Å². The number of aryl methyl sites for hydroxylation is 1. The number of aromatic nitrogens is 1. The van der Waals surface area contributed by atoms with Gasteiger partial charge in [-0.05, 0) is 51.3 Å². The summed E-state index contributed by atoms with van der Waals surface area (Å²) in [6, 6.07) is 3.81. The van der Waals surface area contributed by atoms with Crippen LogP contribution in [0.25, 0.3) is 0 Å². The van der Waals surface area contributed by atoms with E-state index >= 15 is 0 Å². The molecule has 3 heterocycles. The molecule has 1 aromatic rings. The van der Waals surface area contributed by atoms with E-state index in [1.807, 2.05) is 24.0 Å². The van der Waals surface area contributed by atoms with Gasteiger partial charge in [0.25, 0.3) is 5.91 Å². The lowest BCUT2D eigenvalue weighted by molar-refractivity contribution is 0.0433. The second-order valence-corrected chi connectivity index (χ2v) is 6.30. The fraction of sp³-hybridized carbons (Fsp3) is 0.625. The molecule has 0 radical (unpaired) electrons. The molecule has 1 N–H and O–H groups in total. The molecule has 4 heteroatoms. The van der Waals surface area contributed by atoms with E-state index in [4.69, 9.17) is 0 Å². The van der Waals surface area contributed by atoms with E-state index in [2.05, 4.69) is 10.3 Å². The molecule has 1 unspecified atom stereocenters. The van der Waals surface area contributed by atoms with Crippen LogP contribution >= 0.6 is 0 Å². The van der Waals surface area contributed by atoms with Crippen LogP contribution < -0.4 is 5.32 Å². The summed E-state index contributed by atoms with van der Waals surface area (Å²) in [5.41, 5.74) is 1.98. The summed E-state index contributed by atoms with van der Waals surface area (Å²) in [6.07, 6.45) is 6.55. The summed E-state index contributed by atoms with van der Waals surface area (Å²) < 4.78 is 0. The van der Waals surface area contributed by atoms with Gasteiger partial charge in [0.15, 0.2) is 0 Å². The Kier molecular flexibility index (Phi) is 3.74. The average Bonchev–Trinajstić information content (AvgIpc) is 2.48. The van der Waals surface area contributed by atoms with Crippen molar-refractivity contribution in [1.29, 1.82) is 0 Å². The van der Waals surface area contributed by atoms with Gasteiger partial charge in [0.05, 0.1) is 5.56 Å². The van der Waals surface area contributed by atoms with Crippen molar-refractivity contribution in [2.24, 2.45) is 5.41 Å². The minimum atomic E-state index is 0.141. The van der Waals surface area contributed by atoms with E-state index in [9.17, 15) is 4.79 Å². The highest BCUT2D eigenvalue weighted by molar-refractivity contribution is 5.94. The summed E-state index contributed by atoms with van der Waals surface area (Å²) in [6.45, 7) is 5.90. The topological polar surface area (TPSA) is 45.2 Å². The molecule has 3 rings (SSSR count). The van der Waals surface area contributed by atoms with E-state index in [1.54, 1.807) is 6.20 Å². The molecule has 1 spiro atoms. The van der Waals surface area contributed by atoms with Crippen molar-refractivity contribution in [2.45, 2.75) is 32.6 Å². The van der Waals surface area contributed by atoms with Crippen molar-refractivity contribution in [1.82, 2.24) is 15.2 Å². The van der Waals surface area contributed by atoms with Crippen LogP contribution in [0.1, 0.15) is 41.7 Å². The van der Waals surface area contributed by atoms with Gasteiger partial charge < -0.3 is 10.2 Å². The number of nitrogens with one attached hydrogen (secondary N) is 1. The Morgan fingerprint density at radius 2 is 2.20 bits per heavy atom. The molecule has 2 saturated heterocycles. The third kappa shape index (κ3) is 2.70. The van der Waals surface area contributed by atoms with Crippen molar-refractivity contribution < 1.29 is 4.79 Å². The number of pyridine rings is 1. The first-order chi connectivity index (χ1) is 9.69. The summed E-state index contributed by atoms with van der Waals surface area (Å²) >= 11 is 0. The van der Waals surface area contributed by atoms with Crippen molar-refractivity contribution in [3.05, 3.63) is 29.6 Å². The first-order valence-corrected chi connectivity index (χ1v) is 7.61. The summed E-state index contributed by atoms with van der Waals surface area (Å²) in [4.78, 5) is 18.9. The smallest absolute Gasteiger partial charge is 0.255 e. The van der Waals surface area contributed by atoms with E-state index in [-0.39, 0.29) is 5.91 Å². The normalized spacial score (nSPS) is 26.8. The Morgan fingerprint density at radius 1 is 1.35 bits per heavy atom. The monoisotopic (exact) mass is 273 g/mol. The molecule has 1 atom stereocenters. The van der Waals surface area contributed by atoms with Gasteiger partial charge in [-0.3, -0.25) is 9.78 Å². The fourth-order valence-electron chi connectivity index (χ4n) is 3.54. The number of carbonyl (C=O) groups is 1. The molecule has 1 aromatic heterocycles. The Balaban J connectivity index is 1.73. The minimum absolute atomic E-state index is 0.141. The molecule has 0 aliphatic carbocycles. The predicted octanol–water partition coefficient (Wildman–Crippen LogP) is 2.00. The van der Waals surface area contributed by atoms with Crippen molar-refractivity contribution in [3.63, 3.8) is 0 Å². The Hall–Kier alpha value is -1.42. The lowest BCUT2D eigenvalue weighted by Crippen LogP contribution is -2.52. The van der Waals surface area contributed by atoms with Crippen molar-refractivity contribution in [3.8, 4) is 0 Å². The third-order valence-electron chi connectivity index (χ3n) is 4.67. The Labute approximate surface area is 120 Å². The molecule has 4 nitrogen and oxygen atoms in total. The highest BCUT2D eigenvalue weighted by atomic mass is 16.2. The molecule has 0 bridgehead atoms. The number of hydrogen-bond donors (Lipinski definition) is 1. The van der Waals surface area contributed by atoms with Gasteiger partial charge in [-0.25, -0.2) is 0 Å². The van der Waals surface area contributed by atoms with Crippen molar-refractivity contribution >= 4 is 5.91 Å². The number of rotatable bonds is 1. The molecule has 2 aliphatic heterocycles. The quantitative estimate of drug-likeness (QED) is 0.851. The number of likely N-dealkylation sites (tertiary alicyclic amines) is 1. The minimum Gasteiger partial charge on any atom is -0.338 e. The number of piperidine rings is 2. The highest BCUT2D eigenvalue weighted by Gasteiger charge is 2.38. The molecule has 20 heavy (non-hydrogen) atoms. The molecular weight excluding hydrogens is 250 g/mol. The van der Waals surface area contributed by atoms with Crippen LogP contribution in [0.5, 0.6) is 0 Å². The van der Waals surface area contributed by atoms with Gasteiger partial charge >= 0.3 is 0 Å². The largest absolute Gasteiger partial charge is 0.338 e. The zero-order valence-electron chi connectivity index (χ0n) is 12.2. The molecule has 0 aromatic carbocycles. The first-order valence-electron chi connectivity index (χ1n) is 7.61. The predicted molar refractivity (Wildman–Crippen MR) is 78.6 cm³/mol. The lowest BCUT2D eigenvalue weighted by Gasteiger charge is -2.45. The SMILES string of the molecule is Cc1ccc(C(=O)N2CCCC3(CCCNC3)C2)cn1. The molecular formula is C16H23N3O. The summed E-state index contributed by atoms with van der Waals surface area (Å²) in [7, 11) is 0. The highest BCUT2D eigenvalue weighted by Crippen LogP contribution is 2.36. The van der Waals surface area contributed by atoms with Gasteiger partial charge in [-0.1, -0.05) is 0 Å². The van der Waals surface area contributed by atoms with Crippen LogP contribution in [0.15, 0.2) is 18.3 Å². The summed E-state index contributed by atoms with van der Waals surface area (Å²) in [5.74, 6) is 0.141. The lowest BCUT2D eigenvalue weighted by atomic mass is 9.74. The Bertz CT molecular complexity index is 471. The molecule has 108 valence electrons. The zero-order chi connectivity index (χ0) is 14.0. The van der Waals surface area contributed by atoms with Crippen molar-refractivity contribution in [2.75, 3.05) is 26.2 Å².